The second kappa shape index (κ2) is 2.51. The Morgan fingerprint density at radius 2 is 2.50 bits per heavy atom. The largest absolute Gasteiger partial charge is 0.385 e. The van der Waals surface area contributed by atoms with Crippen LogP contribution in [0.3, 0.4) is 0 Å². The Kier molecular flexibility index (Phi) is 1.71. The number of hydrogen-bond donors (Lipinski definition) is 2. The molecule has 54 valence electrons. The highest BCUT2D eigenvalue weighted by molar-refractivity contribution is 5.97. The SMILES string of the molecule is CNc1c[nH]nc1C(C)=O. The summed E-state index contributed by atoms with van der Waals surface area (Å²) in [5.41, 5.74) is 1.20. The molecule has 0 saturated carbocycles. The molecule has 0 aromatic carbocycles. The van der Waals surface area contributed by atoms with Gasteiger partial charge in [0.2, 0.25) is 0 Å². The molecule has 2 N–H and O–H groups in total. The molecule has 1 aromatic rings. The third kappa shape index (κ3) is 1.00. The van der Waals surface area contributed by atoms with Crippen molar-refractivity contribution in [2.75, 3.05) is 12.4 Å². The number of anilines is 1. The highest BCUT2D eigenvalue weighted by atomic mass is 16.1. The Labute approximate surface area is 58.6 Å². The number of nitrogens with zero attached hydrogens (tertiary/aromatic N) is 1. The van der Waals surface area contributed by atoms with E-state index in [9.17, 15) is 4.79 Å². The van der Waals surface area contributed by atoms with Crippen molar-refractivity contribution in [2.45, 2.75) is 6.92 Å². The number of carbonyl (C=O) groups is 1. The number of carbonyl (C=O) groups excluding carboxylic acids is 1. The first-order valence-electron chi connectivity index (χ1n) is 2.98. The lowest BCUT2D eigenvalue weighted by Gasteiger charge is -1.93. The molecule has 4 heteroatoms. The lowest BCUT2D eigenvalue weighted by Crippen LogP contribution is -1.97. The van der Waals surface area contributed by atoms with Gasteiger partial charge in [0.25, 0.3) is 0 Å². The second-order valence-corrected chi connectivity index (χ2v) is 1.95. The minimum atomic E-state index is -0.0365. The summed E-state index contributed by atoms with van der Waals surface area (Å²) in [7, 11) is 1.75. The van der Waals surface area contributed by atoms with Gasteiger partial charge in [-0.25, -0.2) is 0 Å². The first kappa shape index (κ1) is 6.80. The third-order valence-electron chi connectivity index (χ3n) is 1.24. The quantitative estimate of drug-likeness (QED) is 0.591. The average molecular weight is 139 g/mol. The van der Waals surface area contributed by atoms with Gasteiger partial charge in [0.1, 0.15) is 0 Å². The predicted octanol–water partition coefficient (Wildman–Crippen LogP) is 0.654. The van der Waals surface area contributed by atoms with Crippen molar-refractivity contribution in [1.82, 2.24) is 10.2 Å². The van der Waals surface area contributed by atoms with E-state index in [1.54, 1.807) is 13.2 Å². The molecule has 1 aromatic heterocycles. The van der Waals surface area contributed by atoms with Crippen LogP contribution >= 0.6 is 0 Å². The third-order valence-corrected chi connectivity index (χ3v) is 1.24. The fourth-order valence-electron chi connectivity index (χ4n) is 0.749. The average Bonchev–Trinajstić information content (AvgIpc) is 2.33. The molecule has 0 aliphatic heterocycles. The van der Waals surface area contributed by atoms with Crippen LogP contribution in [0.1, 0.15) is 17.4 Å². The highest BCUT2D eigenvalue weighted by Gasteiger charge is 2.07. The number of nitrogens with one attached hydrogen (secondary N) is 2. The predicted molar refractivity (Wildman–Crippen MR) is 38.1 cm³/mol. The van der Waals surface area contributed by atoms with Gasteiger partial charge in [0.05, 0.1) is 5.69 Å². The summed E-state index contributed by atoms with van der Waals surface area (Å²) in [5.74, 6) is -0.0365. The maximum absolute atomic E-state index is 10.8. The van der Waals surface area contributed by atoms with Crippen LogP contribution in [-0.2, 0) is 0 Å². The van der Waals surface area contributed by atoms with Crippen molar-refractivity contribution in [2.24, 2.45) is 0 Å². The Balaban J connectivity index is 3.01. The van der Waals surface area contributed by atoms with Gasteiger partial charge >= 0.3 is 0 Å². The molecule has 0 fully saturated rings. The molecule has 0 spiro atoms. The lowest BCUT2D eigenvalue weighted by molar-refractivity contribution is 0.101. The van der Waals surface area contributed by atoms with E-state index < -0.39 is 0 Å². The lowest BCUT2D eigenvalue weighted by atomic mass is 10.3. The van der Waals surface area contributed by atoms with E-state index in [-0.39, 0.29) is 5.78 Å². The summed E-state index contributed by atoms with van der Waals surface area (Å²) in [5, 5.41) is 9.19. The van der Waals surface area contributed by atoms with Crippen molar-refractivity contribution < 1.29 is 4.79 Å². The molecule has 1 rings (SSSR count). The molecular formula is C6H9N3O. The Hall–Kier alpha value is -1.32. The van der Waals surface area contributed by atoms with Crippen LogP contribution in [0, 0.1) is 0 Å². The van der Waals surface area contributed by atoms with Gasteiger partial charge in [-0.3, -0.25) is 9.89 Å². The molecular weight excluding hydrogens is 130 g/mol. The summed E-state index contributed by atoms with van der Waals surface area (Å²) < 4.78 is 0. The van der Waals surface area contributed by atoms with Crippen LogP contribution in [0.2, 0.25) is 0 Å². The number of hydrogen-bond acceptors (Lipinski definition) is 3. The van der Waals surface area contributed by atoms with E-state index in [4.69, 9.17) is 0 Å². The van der Waals surface area contributed by atoms with Crippen molar-refractivity contribution in [3.05, 3.63) is 11.9 Å². The maximum atomic E-state index is 10.8. The van der Waals surface area contributed by atoms with Crippen LogP contribution in [-0.4, -0.2) is 23.0 Å². The number of aromatic nitrogens is 2. The van der Waals surface area contributed by atoms with Crippen LogP contribution in [0.4, 0.5) is 5.69 Å². The summed E-state index contributed by atoms with van der Waals surface area (Å²) >= 11 is 0. The van der Waals surface area contributed by atoms with Gasteiger partial charge in [0, 0.05) is 20.2 Å². The van der Waals surface area contributed by atoms with E-state index in [0.717, 1.165) is 5.69 Å². The summed E-state index contributed by atoms with van der Waals surface area (Å²) in [6, 6.07) is 0. The molecule has 0 unspecified atom stereocenters. The van der Waals surface area contributed by atoms with Crippen molar-refractivity contribution >= 4 is 11.5 Å². The maximum Gasteiger partial charge on any atom is 0.182 e. The molecule has 10 heavy (non-hydrogen) atoms. The van der Waals surface area contributed by atoms with Crippen LogP contribution in [0.5, 0.6) is 0 Å². The van der Waals surface area contributed by atoms with E-state index >= 15 is 0 Å². The van der Waals surface area contributed by atoms with Gasteiger partial charge in [-0.05, 0) is 0 Å². The smallest absolute Gasteiger partial charge is 0.182 e. The molecule has 0 aliphatic carbocycles. The minimum Gasteiger partial charge on any atom is -0.385 e. The number of rotatable bonds is 2. The molecule has 0 aliphatic rings. The zero-order valence-corrected chi connectivity index (χ0v) is 5.93. The Morgan fingerprint density at radius 3 is 2.90 bits per heavy atom. The summed E-state index contributed by atoms with van der Waals surface area (Å²) in [6.07, 6.45) is 1.65. The molecule has 0 atom stereocenters. The van der Waals surface area contributed by atoms with Crippen LogP contribution in [0.15, 0.2) is 6.20 Å². The molecule has 0 amide bonds. The fourth-order valence-corrected chi connectivity index (χ4v) is 0.749. The monoisotopic (exact) mass is 139 g/mol. The Morgan fingerprint density at radius 1 is 1.80 bits per heavy atom. The number of H-pyrrole nitrogens is 1. The second-order valence-electron chi connectivity index (χ2n) is 1.95. The summed E-state index contributed by atoms with van der Waals surface area (Å²) in [6.45, 7) is 1.48. The van der Waals surface area contributed by atoms with E-state index in [1.807, 2.05) is 0 Å². The van der Waals surface area contributed by atoms with Gasteiger partial charge in [-0.15, -0.1) is 0 Å². The van der Waals surface area contributed by atoms with Crippen molar-refractivity contribution in [3.63, 3.8) is 0 Å². The zero-order valence-electron chi connectivity index (χ0n) is 5.93. The molecule has 4 nitrogen and oxygen atoms in total. The van der Waals surface area contributed by atoms with E-state index in [2.05, 4.69) is 15.5 Å². The number of aromatic amines is 1. The first-order chi connectivity index (χ1) is 4.75. The molecule has 1 heterocycles. The van der Waals surface area contributed by atoms with Crippen LogP contribution in [0.25, 0.3) is 0 Å². The Bertz CT molecular complexity index is 241. The zero-order chi connectivity index (χ0) is 7.56. The molecule has 0 bridgehead atoms. The van der Waals surface area contributed by atoms with Gasteiger partial charge < -0.3 is 5.32 Å². The van der Waals surface area contributed by atoms with Gasteiger partial charge in [-0.2, -0.15) is 5.10 Å². The molecule has 0 saturated heterocycles. The van der Waals surface area contributed by atoms with Crippen LogP contribution < -0.4 is 5.32 Å². The standard InChI is InChI=1S/C6H9N3O/c1-4(10)6-5(7-2)3-8-9-6/h3,7H,1-2H3,(H,8,9). The van der Waals surface area contributed by atoms with Gasteiger partial charge in [-0.1, -0.05) is 0 Å². The van der Waals surface area contributed by atoms with Crippen molar-refractivity contribution in [3.8, 4) is 0 Å². The number of Topliss-reactive ketones (excluding diaryl/α,β-unsaturated/α-hetero) is 1. The number of ketones is 1. The van der Waals surface area contributed by atoms with Gasteiger partial charge in [0.15, 0.2) is 11.5 Å². The fraction of sp³-hybridized carbons (Fsp3) is 0.333. The van der Waals surface area contributed by atoms with Crippen molar-refractivity contribution in [1.29, 1.82) is 0 Å². The van der Waals surface area contributed by atoms with E-state index in [0.29, 0.717) is 5.69 Å². The highest BCUT2D eigenvalue weighted by Crippen LogP contribution is 2.09. The first-order valence-corrected chi connectivity index (χ1v) is 2.98. The summed E-state index contributed by atoms with van der Waals surface area (Å²) in [4.78, 5) is 10.8. The topological polar surface area (TPSA) is 57.8 Å². The normalized spacial score (nSPS) is 9.40. The van der Waals surface area contributed by atoms with E-state index in [1.165, 1.54) is 6.92 Å². The minimum absolute atomic E-state index is 0.0365. The molecule has 0 radical (unpaired) electrons.